The summed E-state index contributed by atoms with van der Waals surface area (Å²) in [5.74, 6) is 1.75. The van der Waals surface area contributed by atoms with E-state index in [9.17, 15) is 0 Å². The van der Waals surface area contributed by atoms with Crippen LogP contribution in [0.25, 0.3) is 11.1 Å². The first kappa shape index (κ1) is 20.5. The lowest BCUT2D eigenvalue weighted by Gasteiger charge is -2.36. The topological polar surface area (TPSA) is 51.1 Å². The van der Waals surface area contributed by atoms with Crippen molar-refractivity contribution in [1.82, 2.24) is 19.9 Å². The summed E-state index contributed by atoms with van der Waals surface area (Å²) < 4.78 is 5.59. The van der Waals surface area contributed by atoms with Crippen LogP contribution in [-0.4, -0.2) is 33.0 Å². The smallest absolute Gasteiger partial charge is 0.125 e. The van der Waals surface area contributed by atoms with Crippen LogP contribution < -0.4 is 4.74 Å². The first-order valence-electron chi connectivity index (χ1n) is 10.9. The zero-order chi connectivity index (χ0) is 20.9. The molecule has 5 nitrogen and oxygen atoms in total. The molecule has 3 heterocycles. The molecule has 1 aliphatic heterocycles. The Kier molecular flexibility index (Phi) is 6.38. The molecule has 5 heteroatoms. The van der Waals surface area contributed by atoms with E-state index in [1.54, 1.807) is 0 Å². The van der Waals surface area contributed by atoms with E-state index in [1.165, 1.54) is 24.0 Å². The van der Waals surface area contributed by atoms with Crippen molar-refractivity contribution in [3.05, 3.63) is 71.6 Å². The van der Waals surface area contributed by atoms with Crippen LogP contribution in [0, 0.1) is 13.8 Å². The van der Waals surface area contributed by atoms with Crippen molar-refractivity contribution < 1.29 is 4.74 Å². The van der Waals surface area contributed by atoms with Crippen molar-refractivity contribution >= 4 is 0 Å². The molecule has 0 amide bonds. The molecule has 1 fully saturated rings. The molecule has 4 rings (SSSR count). The number of hydrogen-bond acceptors (Lipinski definition) is 5. The van der Waals surface area contributed by atoms with Gasteiger partial charge in [-0.25, -0.2) is 9.97 Å². The fourth-order valence-corrected chi connectivity index (χ4v) is 4.31. The van der Waals surface area contributed by atoms with Gasteiger partial charge in [0, 0.05) is 30.7 Å². The summed E-state index contributed by atoms with van der Waals surface area (Å²) in [6, 6.07) is 10.9. The fraction of sp³-hybridized carbons (Fsp3) is 0.400. The number of aromatic nitrogens is 3. The normalized spacial score (nSPS) is 17.1. The minimum Gasteiger partial charge on any atom is -0.494 e. The van der Waals surface area contributed by atoms with E-state index in [1.807, 2.05) is 32.4 Å². The maximum absolute atomic E-state index is 5.59. The van der Waals surface area contributed by atoms with Crippen LogP contribution >= 0.6 is 0 Å². The number of ether oxygens (including phenoxy) is 1. The SMILES string of the molecule is CCOc1ccc(CN2CCCC[C@H]2c2nc(C)ncc2-c2ccncc2C)cc1. The Bertz CT molecular complexity index is 987. The van der Waals surface area contributed by atoms with E-state index in [0.717, 1.165) is 47.9 Å². The van der Waals surface area contributed by atoms with Crippen molar-refractivity contribution in [3.8, 4) is 16.9 Å². The molecule has 2 aromatic heterocycles. The molecule has 0 unspecified atom stereocenters. The third kappa shape index (κ3) is 4.51. The average molecular weight is 403 g/mol. The van der Waals surface area contributed by atoms with Crippen LogP contribution in [0.2, 0.25) is 0 Å². The molecule has 156 valence electrons. The number of benzene rings is 1. The fourth-order valence-electron chi connectivity index (χ4n) is 4.31. The maximum Gasteiger partial charge on any atom is 0.125 e. The highest BCUT2D eigenvalue weighted by Crippen LogP contribution is 2.37. The lowest BCUT2D eigenvalue weighted by atomic mass is 9.92. The Morgan fingerprint density at radius 2 is 1.87 bits per heavy atom. The van der Waals surface area contributed by atoms with Gasteiger partial charge in [0.2, 0.25) is 0 Å². The second-order valence-corrected chi connectivity index (χ2v) is 7.97. The molecular formula is C25H30N4O. The Morgan fingerprint density at radius 1 is 1.03 bits per heavy atom. The van der Waals surface area contributed by atoms with Gasteiger partial charge >= 0.3 is 0 Å². The van der Waals surface area contributed by atoms with Gasteiger partial charge in [0.05, 0.1) is 18.3 Å². The van der Waals surface area contributed by atoms with E-state index in [-0.39, 0.29) is 6.04 Å². The van der Waals surface area contributed by atoms with Crippen LogP contribution in [0.15, 0.2) is 48.9 Å². The number of rotatable bonds is 6. The lowest BCUT2D eigenvalue weighted by molar-refractivity contribution is 0.137. The monoisotopic (exact) mass is 402 g/mol. The first-order valence-corrected chi connectivity index (χ1v) is 10.9. The summed E-state index contributed by atoms with van der Waals surface area (Å²) in [4.78, 5) is 16.3. The van der Waals surface area contributed by atoms with Crippen LogP contribution in [-0.2, 0) is 6.54 Å². The quantitative estimate of drug-likeness (QED) is 0.561. The molecule has 0 radical (unpaired) electrons. The van der Waals surface area contributed by atoms with Gasteiger partial charge < -0.3 is 4.74 Å². The average Bonchev–Trinajstić information content (AvgIpc) is 2.76. The highest BCUT2D eigenvalue weighted by molar-refractivity contribution is 5.68. The van der Waals surface area contributed by atoms with E-state index in [2.05, 4.69) is 52.1 Å². The van der Waals surface area contributed by atoms with Crippen molar-refractivity contribution in [2.75, 3.05) is 13.2 Å². The standard InChI is InChI=1S/C25H30N4O/c1-4-30-21-10-8-20(9-11-21)17-29-14-6-5-7-24(29)25-23(16-27-19(3)28-25)22-12-13-26-15-18(22)2/h8-13,15-16,24H,4-7,14,17H2,1-3H3/t24-/m0/s1. The molecule has 1 aromatic carbocycles. The molecule has 0 bridgehead atoms. The molecule has 1 aliphatic rings. The maximum atomic E-state index is 5.59. The van der Waals surface area contributed by atoms with E-state index >= 15 is 0 Å². The van der Waals surface area contributed by atoms with Gasteiger partial charge in [-0.2, -0.15) is 0 Å². The van der Waals surface area contributed by atoms with Crippen LogP contribution in [0.5, 0.6) is 5.75 Å². The third-order valence-electron chi connectivity index (χ3n) is 5.80. The summed E-state index contributed by atoms with van der Waals surface area (Å²) in [6.45, 7) is 8.78. The van der Waals surface area contributed by atoms with Crippen LogP contribution in [0.3, 0.4) is 0 Å². The van der Waals surface area contributed by atoms with E-state index in [4.69, 9.17) is 9.72 Å². The first-order chi connectivity index (χ1) is 14.7. The molecule has 1 atom stereocenters. The lowest BCUT2D eigenvalue weighted by Crippen LogP contribution is -2.34. The largest absolute Gasteiger partial charge is 0.494 e. The molecule has 1 saturated heterocycles. The van der Waals surface area contributed by atoms with E-state index < -0.39 is 0 Å². The molecule has 0 N–H and O–H groups in total. The summed E-state index contributed by atoms with van der Waals surface area (Å²) in [6.07, 6.45) is 9.32. The predicted molar refractivity (Wildman–Crippen MR) is 119 cm³/mol. The predicted octanol–water partition coefficient (Wildman–Crippen LogP) is 5.28. The van der Waals surface area contributed by atoms with Gasteiger partial charge in [-0.15, -0.1) is 0 Å². The molecule has 0 saturated carbocycles. The van der Waals surface area contributed by atoms with Gasteiger partial charge in [0.15, 0.2) is 0 Å². The highest BCUT2D eigenvalue weighted by Gasteiger charge is 2.28. The van der Waals surface area contributed by atoms with Crippen molar-refractivity contribution in [1.29, 1.82) is 0 Å². The Hall–Kier alpha value is -2.79. The van der Waals surface area contributed by atoms with Crippen LogP contribution in [0.1, 0.15) is 54.9 Å². The number of piperidine rings is 1. The van der Waals surface area contributed by atoms with Crippen molar-refractivity contribution in [3.63, 3.8) is 0 Å². The molecule has 30 heavy (non-hydrogen) atoms. The number of nitrogens with zero attached hydrogens (tertiary/aromatic N) is 4. The van der Waals surface area contributed by atoms with Crippen molar-refractivity contribution in [2.24, 2.45) is 0 Å². The Labute approximate surface area is 179 Å². The minimum atomic E-state index is 0.287. The molecule has 0 aliphatic carbocycles. The summed E-state index contributed by atoms with van der Waals surface area (Å²) >= 11 is 0. The molecule has 3 aromatic rings. The van der Waals surface area contributed by atoms with Gasteiger partial charge in [0.1, 0.15) is 11.6 Å². The zero-order valence-corrected chi connectivity index (χ0v) is 18.1. The molecular weight excluding hydrogens is 372 g/mol. The number of hydrogen-bond donors (Lipinski definition) is 0. The summed E-state index contributed by atoms with van der Waals surface area (Å²) in [7, 11) is 0. The van der Waals surface area contributed by atoms with Gasteiger partial charge in [-0.3, -0.25) is 9.88 Å². The summed E-state index contributed by atoms with van der Waals surface area (Å²) in [5.41, 5.74) is 5.90. The Morgan fingerprint density at radius 3 is 2.63 bits per heavy atom. The highest BCUT2D eigenvalue weighted by atomic mass is 16.5. The number of likely N-dealkylation sites (tertiary alicyclic amines) is 1. The van der Waals surface area contributed by atoms with Crippen LogP contribution in [0.4, 0.5) is 0 Å². The second-order valence-electron chi connectivity index (χ2n) is 7.97. The third-order valence-corrected chi connectivity index (χ3v) is 5.80. The number of pyridine rings is 1. The van der Waals surface area contributed by atoms with Gasteiger partial charge in [-0.05, 0) is 75.0 Å². The zero-order valence-electron chi connectivity index (χ0n) is 18.1. The van der Waals surface area contributed by atoms with Gasteiger partial charge in [0.25, 0.3) is 0 Å². The minimum absolute atomic E-state index is 0.287. The van der Waals surface area contributed by atoms with E-state index in [0.29, 0.717) is 6.61 Å². The molecule has 0 spiro atoms. The second kappa shape index (κ2) is 9.35. The van der Waals surface area contributed by atoms with Crippen molar-refractivity contribution in [2.45, 2.75) is 52.6 Å². The number of aryl methyl sites for hydroxylation is 2. The summed E-state index contributed by atoms with van der Waals surface area (Å²) in [5, 5.41) is 0. The van der Waals surface area contributed by atoms with Gasteiger partial charge in [-0.1, -0.05) is 18.6 Å². The Balaban J connectivity index is 1.66.